The second kappa shape index (κ2) is 5.67. The van der Waals surface area contributed by atoms with Crippen LogP contribution in [0.25, 0.3) is 0 Å². The van der Waals surface area contributed by atoms with E-state index in [9.17, 15) is 5.11 Å². The topological polar surface area (TPSA) is 80.4 Å². The molecular weight excluding hydrogens is 206 g/mol. The molecule has 1 rings (SSSR count). The van der Waals surface area contributed by atoms with E-state index < -0.39 is 5.60 Å². The second-order valence-corrected chi connectivity index (χ2v) is 4.07. The molecule has 0 fully saturated rings. The molecule has 0 bridgehead atoms. The van der Waals surface area contributed by atoms with E-state index in [1.165, 1.54) is 0 Å². The number of hydrogen-bond donors (Lipinski definition) is 3. The molecule has 0 aliphatic heterocycles. The molecule has 90 valence electrons. The predicted molar refractivity (Wildman–Crippen MR) is 64.3 cm³/mol. The second-order valence-electron chi connectivity index (χ2n) is 4.07. The number of rotatable bonds is 6. The summed E-state index contributed by atoms with van der Waals surface area (Å²) in [5.74, 6) is 0.701. The molecule has 1 unspecified atom stereocenters. The summed E-state index contributed by atoms with van der Waals surface area (Å²) in [6.45, 7) is 2.72. The maximum atomic E-state index is 9.97. The van der Waals surface area contributed by atoms with Gasteiger partial charge in [-0.15, -0.1) is 0 Å². The van der Waals surface area contributed by atoms with Gasteiger partial charge in [-0.25, -0.2) is 4.98 Å². The monoisotopic (exact) mass is 225 g/mol. The van der Waals surface area contributed by atoms with Gasteiger partial charge in [0.25, 0.3) is 0 Å². The van der Waals surface area contributed by atoms with Crippen LogP contribution in [0.4, 0.5) is 11.5 Å². The lowest BCUT2D eigenvalue weighted by Gasteiger charge is -2.23. The molecule has 0 saturated carbocycles. The van der Waals surface area contributed by atoms with E-state index in [4.69, 9.17) is 10.5 Å². The number of aliphatic hydroxyl groups is 1. The van der Waals surface area contributed by atoms with E-state index in [1.807, 2.05) is 0 Å². The Morgan fingerprint density at radius 1 is 1.56 bits per heavy atom. The summed E-state index contributed by atoms with van der Waals surface area (Å²) in [5.41, 5.74) is 5.33. The number of nitrogens with one attached hydrogen (secondary N) is 1. The first-order chi connectivity index (χ1) is 7.53. The van der Waals surface area contributed by atoms with E-state index in [2.05, 4.69) is 10.3 Å². The molecule has 0 aliphatic rings. The molecule has 5 nitrogen and oxygen atoms in total. The first-order valence-electron chi connectivity index (χ1n) is 5.20. The van der Waals surface area contributed by atoms with Crippen LogP contribution in [0, 0.1) is 0 Å². The third-order valence-corrected chi connectivity index (χ3v) is 2.28. The van der Waals surface area contributed by atoms with Gasteiger partial charge in [-0.3, -0.25) is 0 Å². The van der Waals surface area contributed by atoms with E-state index >= 15 is 0 Å². The number of hydrogen-bond acceptors (Lipinski definition) is 5. The van der Waals surface area contributed by atoms with Crippen molar-refractivity contribution in [3.63, 3.8) is 0 Å². The summed E-state index contributed by atoms with van der Waals surface area (Å²) in [6, 6.07) is 3.54. The zero-order valence-electron chi connectivity index (χ0n) is 9.73. The standard InChI is InChI=1S/C11H19N3O2/c1-11(15,5-6-16-2)8-14-10-4-3-9(12)7-13-10/h3-4,7,15H,5-6,8,12H2,1-2H3,(H,13,14). The quantitative estimate of drug-likeness (QED) is 0.669. The largest absolute Gasteiger partial charge is 0.397 e. The average molecular weight is 225 g/mol. The molecule has 4 N–H and O–H groups in total. The highest BCUT2D eigenvalue weighted by Gasteiger charge is 2.19. The van der Waals surface area contributed by atoms with Crippen LogP contribution in [0.3, 0.4) is 0 Å². The number of nitrogen functional groups attached to an aromatic ring is 1. The molecule has 0 aromatic carbocycles. The van der Waals surface area contributed by atoms with Gasteiger partial charge in [0, 0.05) is 26.7 Å². The van der Waals surface area contributed by atoms with E-state index in [1.54, 1.807) is 32.4 Å². The lowest BCUT2D eigenvalue weighted by Crippen LogP contribution is -2.34. The van der Waals surface area contributed by atoms with Crippen molar-refractivity contribution in [3.05, 3.63) is 18.3 Å². The minimum Gasteiger partial charge on any atom is -0.397 e. The Morgan fingerprint density at radius 3 is 2.88 bits per heavy atom. The fourth-order valence-corrected chi connectivity index (χ4v) is 1.20. The van der Waals surface area contributed by atoms with Crippen molar-refractivity contribution in [3.8, 4) is 0 Å². The minimum absolute atomic E-state index is 0.424. The molecule has 1 heterocycles. The van der Waals surface area contributed by atoms with Gasteiger partial charge in [0.2, 0.25) is 0 Å². The fourth-order valence-electron chi connectivity index (χ4n) is 1.20. The molecule has 0 radical (unpaired) electrons. The van der Waals surface area contributed by atoms with E-state index in [0.29, 0.717) is 31.1 Å². The highest BCUT2D eigenvalue weighted by atomic mass is 16.5. The predicted octanol–water partition coefficient (Wildman–Crippen LogP) is 0.863. The van der Waals surface area contributed by atoms with E-state index in [0.717, 1.165) is 0 Å². The average Bonchev–Trinajstić information content (AvgIpc) is 2.26. The molecule has 0 saturated heterocycles. The lowest BCUT2D eigenvalue weighted by molar-refractivity contribution is 0.0357. The third kappa shape index (κ3) is 4.46. The molecule has 1 aromatic heterocycles. The fraction of sp³-hybridized carbons (Fsp3) is 0.545. The van der Waals surface area contributed by atoms with Crippen LogP contribution in [0.15, 0.2) is 18.3 Å². The number of pyridine rings is 1. The van der Waals surface area contributed by atoms with Gasteiger partial charge in [0.05, 0.1) is 17.5 Å². The summed E-state index contributed by atoms with van der Waals surface area (Å²) in [5, 5.41) is 13.0. The summed E-state index contributed by atoms with van der Waals surface area (Å²) >= 11 is 0. The van der Waals surface area contributed by atoms with E-state index in [-0.39, 0.29) is 0 Å². The summed E-state index contributed by atoms with van der Waals surface area (Å²) in [4.78, 5) is 4.08. The Kier molecular flexibility index (Phi) is 4.52. The Hall–Kier alpha value is -1.33. The SMILES string of the molecule is COCCC(C)(O)CNc1ccc(N)cn1. The van der Waals surface area contributed by atoms with Crippen molar-refractivity contribution in [2.75, 3.05) is 31.3 Å². The zero-order valence-corrected chi connectivity index (χ0v) is 9.73. The Labute approximate surface area is 95.6 Å². The maximum absolute atomic E-state index is 9.97. The Morgan fingerprint density at radius 2 is 2.31 bits per heavy atom. The highest BCUT2D eigenvalue weighted by molar-refractivity contribution is 5.43. The first kappa shape index (κ1) is 12.7. The molecular formula is C11H19N3O2. The minimum atomic E-state index is -0.806. The number of aromatic nitrogens is 1. The molecule has 0 spiro atoms. The van der Waals surface area contributed by atoms with Crippen LogP contribution < -0.4 is 11.1 Å². The molecule has 5 heteroatoms. The number of anilines is 2. The molecule has 16 heavy (non-hydrogen) atoms. The van der Waals surface area contributed by atoms with Gasteiger partial charge in [-0.2, -0.15) is 0 Å². The van der Waals surface area contributed by atoms with Crippen molar-refractivity contribution >= 4 is 11.5 Å². The molecule has 0 amide bonds. The Bertz CT molecular complexity index is 312. The first-order valence-corrected chi connectivity index (χ1v) is 5.20. The number of ether oxygens (including phenoxy) is 1. The zero-order chi connectivity index (χ0) is 12.0. The molecule has 1 aromatic rings. The third-order valence-electron chi connectivity index (χ3n) is 2.28. The number of methoxy groups -OCH3 is 1. The van der Waals surface area contributed by atoms with Crippen LogP contribution in [0.1, 0.15) is 13.3 Å². The molecule has 0 aliphatic carbocycles. The molecule has 1 atom stereocenters. The summed E-state index contributed by atoms with van der Waals surface area (Å²) < 4.78 is 4.93. The summed E-state index contributed by atoms with van der Waals surface area (Å²) in [7, 11) is 1.62. The van der Waals surface area contributed by atoms with Gasteiger partial charge < -0.3 is 20.9 Å². The van der Waals surface area contributed by atoms with Crippen molar-refractivity contribution < 1.29 is 9.84 Å². The van der Waals surface area contributed by atoms with Gasteiger partial charge in [0.15, 0.2) is 0 Å². The van der Waals surface area contributed by atoms with Crippen molar-refractivity contribution in [1.82, 2.24) is 4.98 Å². The van der Waals surface area contributed by atoms with Crippen LogP contribution in [-0.4, -0.2) is 36.0 Å². The number of nitrogens with two attached hydrogens (primary N) is 1. The normalized spacial score (nSPS) is 14.4. The summed E-state index contributed by atoms with van der Waals surface area (Å²) in [6.07, 6.45) is 2.15. The number of nitrogens with zero attached hydrogens (tertiary/aromatic N) is 1. The van der Waals surface area contributed by atoms with Gasteiger partial charge >= 0.3 is 0 Å². The lowest BCUT2D eigenvalue weighted by atomic mass is 10.0. The maximum Gasteiger partial charge on any atom is 0.126 e. The van der Waals surface area contributed by atoms with Gasteiger partial charge in [-0.05, 0) is 19.1 Å². The Balaban J connectivity index is 2.41. The van der Waals surface area contributed by atoms with Crippen molar-refractivity contribution in [2.45, 2.75) is 18.9 Å². The smallest absolute Gasteiger partial charge is 0.126 e. The van der Waals surface area contributed by atoms with Crippen LogP contribution in [0.2, 0.25) is 0 Å². The van der Waals surface area contributed by atoms with Crippen LogP contribution in [-0.2, 0) is 4.74 Å². The van der Waals surface area contributed by atoms with Gasteiger partial charge in [0.1, 0.15) is 5.82 Å². The highest BCUT2D eigenvalue weighted by Crippen LogP contribution is 2.12. The van der Waals surface area contributed by atoms with Crippen molar-refractivity contribution in [2.24, 2.45) is 0 Å². The van der Waals surface area contributed by atoms with Gasteiger partial charge in [-0.1, -0.05) is 0 Å². The van der Waals surface area contributed by atoms with Crippen molar-refractivity contribution in [1.29, 1.82) is 0 Å². The van der Waals surface area contributed by atoms with Crippen LogP contribution >= 0.6 is 0 Å². The van der Waals surface area contributed by atoms with Crippen LogP contribution in [0.5, 0.6) is 0 Å².